The summed E-state index contributed by atoms with van der Waals surface area (Å²) in [4.78, 5) is 2.57. The van der Waals surface area contributed by atoms with Crippen molar-refractivity contribution in [3.05, 3.63) is 35.4 Å². The standard InChI is InChI=1S/C18H30N2O/c21-14-6-1-3-11-19-15-17-7-9-18(10-8-17)16-20-12-4-2-5-13-20/h7-10,19,21H,1-6,11-16H2. The molecule has 0 aliphatic carbocycles. The van der Waals surface area contributed by atoms with Gasteiger partial charge in [0.05, 0.1) is 0 Å². The van der Waals surface area contributed by atoms with Crippen LogP contribution in [-0.2, 0) is 13.1 Å². The number of hydrogen-bond donors (Lipinski definition) is 2. The normalized spacial score (nSPS) is 16.2. The number of hydrogen-bond acceptors (Lipinski definition) is 3. The van der Waals surface area contributed by atoms with E-state index in [1.54, 1.807) is 0 Å². The van der Waals surface area contributed by atoms with E-state index in [1.807, 2.05) is 0 Å². The highest BCUT2D eigenvalue weighted by Gasteiger charge is 2.09. The van der Waals surface area contributed by atoms with Crippen molar-refractivity contribution < 1.29 is 5.11 Å². The van der Waals surface area contributed by atoms with Crippen LogP contribution in [0.3, 0.4) is 0 Å². The molecule has 1 saturated heterocycles. The van der Waals surface area contributed by atoms with E-state index < -0.39 is 0 Å². The number of likely N-dealkylation sites (tertiary alicyclic amines) is 1. The van der Waals surface area contributed by atoms with Gasteiger partial charge >= 0.3 is 0 Å². The molecule has 21 heavy (non-hydrogen) atoms. The monoisotopic (exact) mass is 290 g/mol. The van der Waals surface area contributed by atoms with Crippen molar-refractivity contribution in [3.63, 3.8) is 0 Å². The van der Waals surface area contributed by atoms with Crippen molar-refractivity contribution >= 4 is 0 Å². The van der Waals surface area contributed by atoms with Gasteiger partial charge in [-0.2, -0.15) is 0 Å². The SMILES string of the molecule is OCCCCCNCc1ccc(CN2CCCCC2)cc1. The minimum atomic E-state index is 0.318. The molecule has 0 spiro atoms. The van der Waals surface area contributed by atoms with Crippen LogP contribution in [0.15, 0.2) is 24.3 Å². The molecule has 118 valence electrons. The number of aliphatic hydroxyl groups excluding tert-OH is 1. The molecule has 3 heteroatoms. The lowest BCUT2D eigenvalue weighted by Gasteiger charge is -2.26. The largest absolute Gasteiger partial charge is 0.396 e. The van der Waals surface area contributed by atoms with Crippen molar-refractivity contribution in [1.82, 2.24) is 10.2 Å². The van der Waals surface area contributed by atoms with Gasteiger partial charge in [0, 0.05) is 19.7 Å². The van der Waals surface area contributed by atoms with E-state index in [1.165, 1.54) is 43.5 Å². The molecule has 1 aliphatic rings. The summed E-state index contributed by atoms with van der Waals surface area (Å²) in [7, 11) is 0. The molecular formula is C18H30N2O. The molecule has 1 aliphatic heterocycles. The van der Waals surface area contributed by atoms with Gasteiger partial charge in [-0.25, -0.2) is 0 Å². The van der Waals surface area contributed by atoms with Gasteiger partial charge in [0.15, 0.2) is 0 Å². The predicted molar refractivity (Wildman–Crippen MR) is 88.2 cm³/mol. The van der Waals surface area contributed by atoms with E-state index in [0.717, 1.165) is 38.9 Å². The maximum atomic E-state index is 8.72. The van der Waals surface area contributed by atoms with E-state index in [2.05, 4.69) is 34.5 Å². The lowest BCUT2D eigenvalue weighted by molar-refractivity contribution is 0.221. The molecule has 0 aromatic heterocycles. The Kier molecular flexibility index (Phi) is 7.79. The number of piperidine rings is 1. The highest BCUT2D eigenvalue weighted by atomic mass is 16.2. The van der Waals surface area contributed by atoms with Crippen LogP contribution < -0.4 is 5.32 Å². The zero-order valence-electron chi connectivity index (χ0n) is 13.2. The summed E-state index contributed by atoms with van der Waals surface area (Å²) in [5.41, 5.74) is 2.79. The number of nitrogens with zero attached hydrogens (tertiary/aromatic N) is 1. The minimum absolute atomic E-state index is 0.318. The average Bonchev–Trinajstić information content (AvgIpc) is 2.53. The average molecular weight is 290 g/mol. The zero-order chi connectivity index (χ0) is 14.8. The number of aliphatic hydroxyl groups is 1. The van der Waals surface area contributed by atoms with Gasteiger partial charge in [0.25, 0.3) is 0 Å². The Hall–Kier alpha value is -0.900. The molecule has 0 atom stereocenters. The van der Waals surface area contributed by atoms with Gasteiger partial charge in [0.1, 0.15) is 0 Å². The molecular weight excluding hydrogens is 260 g/mol. The number of nitrogens with one attached hydrogen (secondary N) is 1. The van der Waals surface area contributed by atoms with Gasteiger partial charge < -0.3 is 10.4 Å². The van der Waals surface area contributed by atoms with E-state index in [-0.39, 0.29) is 0 Å². The Bertz CT molecular complexity index is 371. The second kappa shape index (κ2) is 9.93. The summed E-state index contributed by atoms with van der Waals surface area (Å²) in [6.07, 6.45) is 7.30. The lowest BCUT2D eigenvalue weighted by atomic mass is 10.1. The highest BCUT2D eigenvalue weighted by molar-refractivity contribution is 5.22. The molecule has 0 unspecified atom stereocenters. The molecule has 0 bridgehead atoms. The van der Waals surface area contributed by atoms with Crippen LogP contribution in [0.1, 0.15) is 49.7 Å². The Morgan fingerprint density at radius 3 is 2.33 bits per heavy atom. The topological polar surface area (TPSA) is 35.5 Å². The van der Waals surface area contributed by atoms with Crippen LogP contribution in [0.25, 0.3) is 0 Å². The van der Waals surface area contributed by atoms with E-state index in [4.69, 9.17) is 5.11 Å². The fraction of sp³-hybridized carbons (Fsp3) is 0.667. The van der Waals surface area contributed by atoms with Crippen molar-refractivity contribution in [2.45, 2.75) is 51.6 Å². The second-order valence-corrected chi connectivity index (χ2v) is 6.11. The van der Waals surface area contributed by atoms with Crippen LogP contribution in [0.5, 0.6) is 0 Å². The molecule has 3 nitrogen and oxygen atoms in total. The van der Waals surface area contributed by atoms with Crippen LogP contribution in [0.2, 0.25) is 0 Å². The Balaban J connectivity index is 1.64. The molecule has 0 amide bonds. The Labute approximate surface area is 129 Å². The van der Waals surface area contributed by atoms with Crippen LogP contribution in [0, 0.1) is 0 Å². The van der Waals surface area contributed by atoms with Gasteiger partial charge in [0.2, 0.25) is 0 Å². The second-order valence-electron chi connectivity index (χ2n) is 6.11. The molecule has 2 N–H and O–H groups in total. The smallest absolute Gasteiger partial charge is 0.0431 e. The summed E-state index contributed by atoms with van der Waals surface area (Å²) >= 11 is 0. The summed E-state index contributed by atoms with van der Waals surface area (Å²) in [6.45, 7) is 5.93. The number of rotatable bonds is 9. The predicted octanol–water partition coefficient (Wildman–Crippen LogP) is 2.92. The molecule has 1 aromatic rings. The molecule has 0 saturated carbocycles. The van der Waals surface area contributed by atoms with E-state index in [0.29, 0.717) is 6.61 Å². The third-order valence-corrected chi connectivity index (χ3v) is 4.22. The summed E-state index contributed by atoms with van der Waals surface area (Å²) in [5.74, 6) is 0. The first kappa shape index (κ1) is 16.5. The quantitative estimate of drug-likeness (QED) is 0.686. The van der Waals surface area contributed by atoms with Gasteiger partial charge in [-0.15, -0.1) is 0 Å². The fourth-order valence-corrected chi connectivity index (χ4v) is 2.91. The van der Waals surface area contributed by atoms with Crippen LogP contribution >= 0.6 is 0 Å². The molecule has 1 aromatic carbocycles. The van der Waals surface area contributed by atoms with Crippen molar-refractivity contribution in [1.29, 1.82) is 0 Å². The zero-order valence-corrected chi connectivity index (χ0v) is 13.2. The first-order valence-corrected chi connectivity index (χ1v) is 8.50. The van der Waals surface area contributed by atoms with Gasteiger partial charge in [-0.05, 0) is 62.9 Å². The fourth-order valence-electron chi connectivity index (χ4n) is 2.91. The van der Waals surface area contributed by atoms with E-state index >= 15 is 0 Å². The molecule has 1 fully saturated rings. The van der Waals surface area contributed by atoms with Crippen LogP contribution in [0.4, 0.5) is 0 Å². The third kappa shape index (κ3) is 6.60. The van der Waals surface area contributed by atoms with Gasteiger partial charge in [-0.1, -0.05) is 30.7 Å². The summed E-state index contributed by atoms with van der Waals surface area (Å²) < 4.78 is 0. The van der Waals surface area contributed by atoms with Crippen molar-refractivity contribution in [2.24, 2.45) is 0 Å². The third-order valence-electron chi connectivity index (χ3n) is 4.22. The minimum Gasteiger partial charge on any atom is -0.396 e. The maximum absolute atomic E-state index is 8.72. The Morgan fingerprint density at radius 1 is 0.905 bits per heavy atom. The first-order chi connectivity index (χ1) is 10.4. The summed E-state index contributed by atoms with van der Waals surface area (Å²) in [5, 5.41) is 12.2. The van der Waals surface area contributed by atoms with E-state index in [9.17, 15) is 0 Å². The van der Waals surface area contributed by atoms with Crippen LogP contribution in [-0.4, -0.2) is 36.2 Å². The van der Waals surface area contributed by atoms with Gasteiger partial charge in [-0.3, -0.25) is 4.90 Å². The Morgan fingerprint density at radius 2 is 1.62 bits per heavy atom. The molecule has 1 heterocycles. The lowest BCUT2D eigenvalue weighted by Crippen LogP contribution is -2.29. The maximum Gasteiger partial charge on any atom is 0.0431 e. The number of benzene rings is 1. The first-order valence-electron chi connectivity index (χ1n) is 8.50. The molecule has 2 rings (SSSR count). The number of unbranched alkanes of at least 4 members (excludes halogenated alkanes) is 2. The van der Waals surface area contributed by atoms with Crippen molar-refractivity contribution in [3.8, 4) is 0 Å². The molecule has 0 radical (unpaired) electrons. The highest BCUT2D eigenvalue weighted by Crippen LogP contribution is 2.13. The summed E-state index contributed by atoms with van der Waals surface area (Å²) in [6, 6.07) is 9.05. The van der Waals surface area contributed by atoms with Crippen molar-refractivity contribution in [2.75, 3.05) is 26.2 Å².